The van der Waals surface area contributed by atoms with E-state index in [2.05, 4.69) is 15.9 Å². The minimum atomic E-state index is -0.422. The van der Waals surface area contributed by atoms with Gasteiger partial charge in [0.25, 0.3) is 5.69 Å². The van der Waals surface area contributed by atoms with E-state index in [4.69, 9.17) is 9.47 Å². The molecule has 1 heterocycles. The fourth-order valence-corrected chi connectivity index (χ4v) is 1.79. The first-order valence-corrected chi connectivity index (χ1v) is 5.23. The van der Waals surface area contributed by atoms with Gasteiger partial charge in [-0.3, -0.25) is 10.1 Å². The van der Waals surface area contributed by atoms with Crippen LogP contribution in [0, 0.1) is 10.1 Å². The van der Waals surface area contributed by atoms with Crippen molar-refractivity contribution < 1.29 is 14.4 Å². The van der Waals surface area contributed by atoms with Gasteiger partial charge in [0.15, 0.2) is 11.5 Å². The van der Waals surface area contributed by atoms with Gasteiger partial charge in [0.2, 0.25) is 6.79 Å². The predicted molar refractivity (Wildman–Crippen MR) is 56.6 cm³/mol. The molecular formula is C9H8BrNO4. The van der Waals surface area contributed by atoms with E-state index in [1.54, 1.807) is 6.07 Å². The molecule has 1 aliphatic rings. The average molecular weight is 274 g/mol. The summed E-state index contributed by atoms with van der Waals surface area (Å²) in [5.74, 6) is 0.987. The Kier molecular flexibility index (Phi) is 2.52. The standard InChI is InChI=1S/C9H8BrNO4/c1-5(10)6-2-8-9(15-4-14-8)3-7(6)11(12)13/h2-3,5H,4H2,1H3/t5-/m0/s1. The van der Waals surface area contributed by atoms with Crippen molar-refractivity contribution in [1.29, 1.82) is 0 Å². The van der Waals surface area contributed by atoms with E-state index in [-0.39, 0.29) is 17.3 Å². The van der Waals surface area contributed by atoms with Crippen LogP contribution in [0.15, 0.2) is 12.1 Å². The lowest BCUT2D eigenvalue weighted by molar-refractivity contribution is -0.385. The van der Waals surface area contributed by atoms with E-state index in [0.29, 0.717) is 17.1 Å². The predicted octanol–water partition coefficient (Wildman–Crippen LogP) is 2.78. The zero-order valence-electron chi connectivity index (χ0n) is 7.90. The van der Waals surface area contributed by atoms with E-state index >= 15 is 0 Å². The molecule has 0 saturated carbocycles. The third-order valence-corrected chi connectivity index (χ3v) is 2.64. The van der Waals surface area contributed by atoms with Crippen LogP contribution in [-0.4, -0.2) is 11.7 Å². The number of nitro benzene ring substituents is 1. The number of alkyl halides is 1. The average Bonchev–Trinajstić information content (AvgIpc) is 2.61. The highest BCUT2D eigenvalue weighted by atomic mass is 79.9. The van der Waals surface area contributed by atoms with E-state index in [1.807, 2.05) is 6.92 Å². The SMILES string of the molecule is C[C@H](Br)c1cc2c(cc1[N+](=O)[O-])OCO2. The molecule has 0 fully saturated rings. The Morgan fingerprint density at radius 2 is 2.07 bits per heavy atom. The number of hydrogen-bond donors (Lipinski definition) is 0. The highest BCUT2D eigenvalue weighted by molar-refractivity contribution is 9.09. The number of benzene rings is 1. The van der Waals surface area contributed by atoms with Gasteiger partial charge in [-0.25, -0.2) is 0 Å². The molecule has 1 aliphatic heterocycles. The molecule has 0 aromatic heterocycles. The van der Waals surface area contributed by atoms with Crippen LogP contribution < -0.4 is 9.47 Å². The largest absolute Gasteiger partial charge is 0.454 e. The first-order chi connectivity index (χ1) is 7.09. The van der Waals surface area contributed by atoms with E-state index in [1.165, 1.54) is 6.07 Å². The third-order valence-electron chi connectivity index (χ3n) is 2.15. The van der Waals surface area contributed by atoms with E-state index in [0.717, 1.165) is 0 Å². The minimum Gasteiger partial charge on any atom is -0.454 e. The smallest absolute Gasteiger partial charge is 0.277 e. The Balaban J connectivity index is 2.57. The summed E-state index contributed by atoms with van der Waals surface area (Å²) in [6.07, 6.45) is 0. The van der Waals surface area contributed by atoms with Crippen molar-refractivity contribution in [3.63, 3.8) is 0 Å². The summed E-state index contributed by atoms with van der Waals surface area (Å²) in [6, 6.07) is 3.04. The van der Waals surface area contributed by atoms with Crippen molar-refractivity contribution in [2.24, 2.45) is 0 Å². The van der Waals surface area contributed by atoms with Crippen LogP contribution in [0.4, 0.5) is 5.69 Å². The summed E-state index contributed by atoms with van der Waals surface area (Å²) in [4.78, 5) is 10.3. The number of ether oxygens (including phenoxy) is 2. The molecule has 2 rings (SSSR count). The summed E-state index contributed by atoms with van der Waals surface area (Å²) < 4.78 is 10.2. The van der Waals surface area contributed by atoms with E-state index in [9.17, 15) is 10.1 Å². The molecule has 0 aliphatic carbocycles. The van der Waals surface area contributed by atoms with Gasteiger partial charge in [-0.2, -0.15) is 0 Å². The quantitative estimate of drug-likeness (QED) is 0.472. The van der Waals surface area contributed by atoms with Gasteiger partial charge >= 0.3 is 0 Å². The molecule has 0 radical (unpaired) electrons. The molecule has 1 aromatic rings. The molecule has 15 heavy (non-hydrogen) atoms. The van der Waals surface area contributed by atoms with E-state index < -0.39 is 4.92 Å². The number of hydrogen-bond acceptors (Lipinski definition) is 4. The van der Waals surface area contributed by atoms with Gasteiger partial charge in [-0.05, 0) is 13.0 Å². The van der Waals surface area contributed by atoms with Gasteiger partial charge in [0, 0.05) is 10.4 Å². The highest BCUT2D eigenvalue weighted by Crippen LogP contribution is 2.41. The topological polar surface area (TPSA) is 61.6 Å². The summed E-state index contributed by atoms with van der Waals surface area (Å²) in [7, 11) is 0. The molecule has 80 valence electrons. The van der Waals surface area contributed by atoms with Gasteiger partial charge in [0.05, 0.1) is 11.0 Å². The van der Waals surface area contributed by atoms with Crippen LogP contribution >= 0.6 is 15.9 Å². The summed E-state index contributed by atoms with van der Waals surface area (Å²) in [6.45, 7) is 1.94. The molecule has 0 spiro atoms. The van der Waals surface area contributed by atoms with Crippen molar-refractivity contribution in [3.05, 3.63) is 27.8 Å². The number of nitro groups is 1. The lowest BCUT2D eigenvalue weighted by atomic mass is 10.1. The summed E-state index contributed by atoms with van der Waals surface area (Å²) in [5.41, 5.74) is 0.632. The zero-order chi connectivity index (χ0) is 11.0. The minimum absolute atomic E-state index is 0.0450. The van der Waals surface area contributed by atoms with Crippen LogP contribution in [0.5, 0.6) is 11.5 Å². The molecule has 0 amide bonds. The molecule has 5 nitrogen and oxygen atoms in total. The van der Waals surface area contributed by atoms with Gasteiger partial charge in [0.1, 0.15) is 0 Å². The third kappa shape index (κ3) is 1.77. The van der Waals surface area contributed by atoms with Crippen molar-refractivity contribution in [1.82, 2.24) is 0 Å². The monoisotopic (exact) mass is 273 g/mol. The Morgan fingerprint density at radius 1 is 1.47 bits per heavy atom. The maximum absolute atomic E-state index is 10.8. The highest BCUT2D eigenvalue weighted by Gasteiger charge is 2.24. The second-order valence-electron chi connectivity index (χ2n) is 3.14. The fraction of sp³-hybridized carbons (Fsp3) is 0.333. The summed E-state index contributed by atoms with van der Waals surface area (Å²) >= 11 is 3.31. The first kappa shape index (κ1) is 10.2. The Morgan fingerprint density at radius 3 is 2.60 bits per heavy atom. The Hall–Kier alpha value is -1.30. The van der Waals surface area contributed by atoms with Crippen LogP contribution in [0.3, 0.4) is 0 Å². The maximum atomic E-state index is 10.8. The van der Waals surface area contributed by atoms with Crippen LogP contribution in [0.2, 0.25) is 0 Å². The second-order valence-corrected chi connectivity index (χ2v) is 4.51. The Bertz CT molecular complexity index is 419. The molecule has 0 saturated heterocycles. The number of halogens is 1. The molecule has 0 bridgehead atoms. The molecule has 0 unspecified atom stereocenters. The molecule has 6 heteroatoms. The Labute approximate surface area is 94.3 Å². The normalized spacial score (nSPS) is 15.1. The lowest BCUT2D eigenvalue weighted by Gasteiger charge is -2.06. The van der Waals surface area contributed by atoms with Crippen LogP contribution in [0.1, 0.15) is 17.3 Å². The lowest BCUT2D eigenvalue weighted by Crippen LogP contribution is -1.95. The molecule has 1 aromatic carbocycles. The van der Waals surface area contributed by atoms with Gasteiger partial charge < -0.3 is 9.47 Å². The number of nitrogens with zero attached hydrogens (tertiary/aromatic N) is 1. The molecular weight excluding hydrogens is 266 g/mol. The zero-order valence-corrected chi connectivity index (χ0v) is 9.48. The summed E-state index contributed by atoms with van der Waals surface area (Å²) in [5, 5.41) is 10.8. The number of rotatable bonds is 2. The first-order valence-electron chi connectivity index (χ1n) is 4.31. The van der Waals surface area contributed by atoms with Crippen molar-refractivity contribution >= 4 is 21.6 Å². The molecule has 0 N–H and O–H groups in total. The maximum Gasteiger partial charge on any atom is 0.277 e. The van der Waals surface area contributed by atoms with Gasteiger partial charge in [-0.1, -0.05) is 15.9 Å². The van der Waals surface area contributed by atoms with Crippen molar-refractivity contribution in [2.45, 2.75) is 11.8 Å². The van der Waals surface area contributed by atoms with Crippen molar-refractivity contribution in [3.8, 4) is 11.5 Å². The fourth-order valence-electron chi connectivity index (χ4n) is 1.42. The second kappa shape index (κ2) is 3.69. The van der Waals surface area contributed by atoms with Crippen LogP contribution in [0.25, 0.3) is 0 Å². The van der Waals surface area contributed by atoms with Gasteiger partial charge in [-0.15, -0.1) is 0 Å². The van der Waals surface area contributed by atoms with Crippen molar-refractivity contribution in [2.75, 3.05) is 6.79 Å². The molecule has 1 atom stereocenters. The van der Waals surface area contributed by atoms with Crippen LogP contribution in [-0.2, 0) is 0 Å². The number of fused-ring (bicyclic) bond motifs is 1.